The van der Waals surface area contributed by atoms with Crippen molar-refractivity contribution in [3.63, 3.8) is 0 Å². The molecule has 6 aromatic rings. The van der Waals surface area contributed by atoms with Crippen molar-refractivity contribution >= 4 is 0 Å². The molecule has 0 aromatic heterocycles. The Morgan fingerprint density at radius 2 is 0.347 bits per heavy atom. The maximum Gasteiger partial charge on any atom is 0 e. The molecule has 0 heterocycles. The topological polar surface area (TPSA) is 0 Å². The molecule has 0 saturated heterocycles. The Bertz CT molecular complexity index is 1800. The van der Waals surface area contributed by atoms with Gasteiger partial charge in [0.2, 0.25) is 0 Å². The summed E-state index contributed by atoms with van der Waals surface area (Å²) in [5, 5.41) is 0. The van der Waals surface area contributed by atoms with E-state index in [2.05, 4.69) is 163 Å². The molecule has 10 radical (unpaired) electrons. The SMILES string of the molecule is C.C.C.C.C.C.CC.CC.CC.CCC.CCC.CCC.[CH3-].[CH3-].[CH3-].[CH3-].[Y].[Y].[Y].[Y].[Y].[Y].[Y].[Y].[Y].[Y].c1ccc2c(c1)Cc1ccc3c(c1-2)-c1ccccc1C3.c1ccc2c(c1)Cc1ccc3c(c1-2)-c1ccccc1C3. The van der Waals surface area contributed by atoms with Crippen LogP contribution in [0.15, 0.2) is 121 Å². The summed E-state index contributed by atoms with van der Waals surface area (Å²) in [5.41, 5.74) is 23.6. The largest absolute Gasteiger partial charge is 0.358 e. The fourth-order valence-electron chi connectivity index (χ4n) is 7.69. The van der Waals surface area contributed by atoms with Crippen LogP contribution >= 0.6 is 0 Å². The molecule has 10 rings (SSSR count). The number of benzene rings is 6. The van der Waals surface area contributed by atoms with Crippen molar-refractivity contribution in [3.8, 4) is 44.5 Å². The van der Waals surface area contributed by atoms with Gasteiger partial charge in [-0.05, 0) is 115 Å². The predicted molar refractivity (Wildman–Crippen MR) is 314 cm³/mol. The van der Waals surface area contributed by atoms with Gasteiger partial charge in [-0.25, -0.2) is 0 Å². The quantitative estimate of drug-likeness (QED) is 0.133. The molecule has 0 amide bonds. The number of fused-ring (bicyclic) bond motifs is 14. The Kier molecular flexibility index (Phi) is 133. The van der Waals surface area contributed by atoms with Gasteiger partial charge in [0.25, 0.3) is 0 Å². The van der Waals surface area contributed by atoms with Gasteiger partial charge in [0.1, 0.15) is 0 Å². The Morgan fingerprint density at radius 1 is 0.227 bits per heavy atom. The molecule has 0 fully saturated rings. The molecule has 0 nitrogen and oxygen atoms in total. The molecular formula is C65H106Y10-4. The van der Waals surface area contributed by atoms with Crippen LogP contribution in [-0.4, -0.2) is 0 Å². The Hall–Kier alpha value is 6.36. The molecule has 400 valence electrons. The number of hydrogen-bond acceptors (Lipinski definition) is 0. The summed E-state index contributed by atoms with van der Waals surface area (Å²) in [6.07, 6.45) is 8.09. The van der Waals surface area contributed by atoms with Crippen molar-refractivity contribution in [1.29, 1.82) is 0 Å². The minimum atomic E-state index is 0. The van der Waals surface area contributed by atoms with Crippen molar-refractivity contribution < 1.29 is 327 Å². The summed E-state index contributed by atoms with van der Waals surface area (Å²) in [4.78, 5) is 0. The second kappa shape index (κ2) is 76.5. The van der Waals surface area contributed by atoms with Gasteiger partial charge in [0.05, 0.1) is 0 Å². The Morgan fingerprint density at radius 3 is 0.480 bits per heavy atom. The third-order valence-electron chi connectivity index (χ3n) is 9.43. The standard InChI is InChI=1S/2C20H14.3C3H8.3C2H6.6CH4.4CH3.10Y/c2*1-3-7-17-13(5-1)11-15-9-10-16-12-14-6-2-4-8-18(14)20(16)19(15)17;3*1-3-2;3*1-2;;;;;;;;;;;;;;;;;;;;/h2*1-10H,11-12H2;3*3H2,1-2H3;3*1-2H3;6*1H4;4*1H3;;;;;;;;;;/q;;;;;;;;;;;;;;4*-1;;;;;;;;;;. The van der Waals surface area contributed by atoms with Crippen LogP contribution in [0.3, 0.4) is 0 Å². The second-order valence-corrected chi connectivity index (χ2v) is 13.7. The molecular weight excluding hydrogens is 1670 g/mol. The van der Waals surface area contributed by atoms with E-state index in [9.17, 15) is 0 Å². The molecule has 10 heteroatoms. The second-order valence-electron chi connectivity index (χ2n) is 13.7. The Labute approximate surface area is 724 Å². The van der Waals surface area contributed by atoms with Crippen molar-refractivity contribution in [2.75, 3.05) is 0 Å². The first-order valence-electron chi connectivity index (χ1n) is 21.7. The van der Waals surface area contributed by atoms with Crippen molar-refractivity contribution in [2.24, 2.45) is 0 Å². The van der Waals surface area contributed by atoms with E-state index in [1.165, 1.54) is 108 Å². The summed E-state index contributed by atoms with van der Waals surface area (Å²) in [5.74, 6) is 0. The molecule has 0 atom stereocenters. The first-order chi connectivity index (χ1) is 27.1. The van der Waals surface area contributed by atoms with Crippen LogP contribution in [0.4, 0.5) is 0 Å². The van der Waals surface area contributed by atoms with Gasteiger partial charge in [-0.2, -0.15) is 0 Å². The number of rotatable bonds is 0. The zero-order chi connectivity index (χ0) is 40.3. The molecule has 6 aromatic carbocycles. The Balaban J connectivity index is -0.0000000355. The first-order valence-corrected chi connectivity index (χ1v) is 21.7. The minimum absolute atomic E-state index is 0. The van der Waals surface area contributed by atoms with E-state index in [0.29, 0.717) is 0 Å². The van der Waals surface area contributed by atoms with Gasteiger partial charge in [-0.3, -0.25) is 0 Å². The average molecular weight is 1780 g/mol. The molecule has 0 unspecified atom stereocenters. The maximum absolute atomic E-state index is 2.33. The molecule has 75 heavy (non-hydrogen) atoms. The zero-order valence-corrected chi connectivity index (χ0v) is 74.7. The van der Waals surface area contributed by atoms with Gasteiger partial charge < -0.3 is 29.7 Å². The van der Waals surface area contributed by atoms with Crippen LogP contribution in [0.1, 0.15) is 191 Å². The fourth-order valence-corrected chi connectivity index (χ4v) is 7.69. The predicted octanol–water partition coefficient (Wildman–Crippen LogP) is 22.6. The van der Waals surface area contributed by atoms with Crippen LogP contribution < -0.4 is 0 Å². The molecule has 4 aliphatic carbocycles. The fraction of sp³-hybridized carbons (Fsp3) is 0.385. The van der Waals surface area contributed by atoms with E-state index in [1.807, 2.05) is 41.5 Å². The van der Waals surface area contributed by atoms with E-state index in [4.69, 9.17) is 0 Å². The minimum Gasteiger partial charge on any atom is -0.358 e. The van der Waals surface area contributed by atoms with Gasteiger partial charge in [-0.1, -0.05) is 268 Å². The van der Waals surface area contributed by atoms with E-state index in [0.717, 1.165) is 25.7 Å². The molecule has 0 bridgehead atoms. The maximum atomic E-state index is 2.33. The van der Waals surface area contributed by atoms with Crippen LogP contribution in [0.5, 0.6) is 0 Å². The van der Waals surface area contributed by atoms with Crippen molar-refractivity contribution in [1.82, 2.24) is 0 Å². The summed E-state index contributed by atoms with van der Waals surface area (Å²) in [7, 11) is 0. The third kappa shape index (κ3) is 36.4. The summed E-state index contributed by atoms with van der Waals surface area (Å²) in [6, 6.07) is 44.8. The van der Waals surface area contributed by atoms with Gasteiger partial charge in [-0.15, -0.1) is 0 Å². The van der Waals surface area contributed by atoms with Gasteiger partial charge in [0.15, 0.2) is 0 Å². The van der Waals surface area contributed by atoms with Gasteiger partial charge in [0, 0.05) is 327 Å². The average Bonchev–Trinajstić information content (AvgIpc) is 4.01. The van der Waals surface area contributed by atoms with E-state index in [-0.39, 0.29) is 401 Å². The zero-order valence-electron chi connectivity index (χ0n) is 46.3. The first kappa shape index (κ1) is 131. The molecule has 0 N–H and O–H groups in total. The summed E-state index contributed by atoms with van der Waals surface area (Å²) < 4.78 is 0. The number of hydrogen-bond donors (Lipinski definition) is 0. The van der Waals surface area contributed by atoms with Crippen LogP contribution in [0.2, 0.25) is 0 Å². The smallest absolute Gasteiger partial charge is 0 e. The summed E-state index contributed by atoms with van der Waals surface area (Å²) >= 11 is 0. The van der Waals surface area contributed by atoms with E-state index in [1.54, 1.807) is 0 Å². The van der Waals surface area contributed by atoms with E-state index >= 15 is 0 Å². The molecule has 0 aliphatic heterocycles. The van der Waals surface area contributed by atoms with Crippen LogP contribution in [0, 0.1) is 29.7 Å². The molecule has 0 spiro atoms. The molecule has 0 saturated carbocycles. The third-order valence-corrected chi connectivity index (χ3v) is 9.43. The van der Waals surface area contributed by atoms with E-state index < -0.39 is 0 Å². The monoisotopic (exact) mass is 1780 g/mol. The summed E-state index contributed by atoms with van der Waals surface area (Å²) in [6.45, 7) is 24.8. The normalized spacial score (nSPS) is 8.21. The van der Waals surface area contributed by atoms with Crippen molar-refractivity contribution in [2.45, 2.75) is 173 Å². The van der Waals surface area contributed by atoms with Crippen LogP contribution in [-0.2, 0) is 353 Å². The molecule has 4 aliphatic rings. The van der Waals surface area contributed by atoms with Gasteiger partial charge >= 0.3 is 0 Å². The van der Waals surface area contributed by atoms with Crippen molar-refractivity contribution in [3.05, 3.63) is 196 Å². The van der Waals surface area contributed by atoms with Crippen LogP contribution in [0.25, 0.3) is 44.5 Å².